The second kappa shape index (κ2) is 7.49. The number of nitrogens with zero attached hydrogens (tertiary/aromatic N) is 1. The summed E-state index contributed by atoms with van der Waals surface area (Å²) in [5.41, 5.74) is 0.444. The summed E-state index contributed by atoms with van der Waals surface area (Å²) in [6, 6.07) is 5.85. The van der Waals surface area contributed by atoms with E-state index < -0.39 is 12.5 Å². The van der Waals surface area contributed by atoms with Gasteiger partial charge in [0.05, 0.1) is 0 Å². The zero-order valence-electron chi connectivity index (χ0n) is 11.6. The van der Waals surface area contributed by atoms with E-state index >= 15 is 0 Å². The zero-order valence-corrected chi connectivity index (χ0v) is 11.6. The van der Waals surface area contributed by atoms with Gasteiger partial charge < -0.3 is 19.8 Å². The number of hydrogen-bond donors (Lipinski definition) is 2. The number of aliphatic carboxylic acids is 1. The summed E-state index contributed by atoms with van der Waals surface area (Å²) in [4.78, 5) is 24.3. The van der Waals surface area contributed by atoms with Crippen molar-refractivity contribution in [2.75, 3.05) is 25.2 Å². The highest BCUT2D eigenvalue weighted by Crippen LogP contribution is 2.20. The van der Waals surface area contributed by atoms with Crippen LogP contribution in [-0.2, 0) is 14.3 Å². The summed E-state index contributed by atoms with van der Waals surface area (Å²) in [5, 5.41) is 18.2. The predicted octanol–water partition coefficient (Wildman–Crippen LogP) is 1.48. The lowest BCUT2D eigenvalue weighted by atomic mass is 10.1. The van der Waals surface area contributed by atoms with Crippen molar-refractivity contribution in [3.05, 3.63) is 24.3 Å². The first-order valence-electron chi connectivity index (χ1n) is 6.24. The van der Waals surface area contributed by atoms with Crippen molar-refractivity contribution in [2.45, 2.75) is 13.3 Å². The molecule has 2 N–H and O–H groups in total. The van der Waals surface area contributed by atoms with Crippen LogP contribution >= 0.6 is 0 Å². The topological polar surface area (TPSA) is 87.1 Å². The lowest BCUT2D eigenvalue weighted by Gasteiger charge is -2.22. The predicted molar refractivity (Wildman–Crippen MR) is 73.8 cm³/mol. The maximum atomic E-state index is 12.2. The van der Waals surface area contributed by atoms with E-state index in [4.69, 9.17) is 9.84 Å². The Morgan fingerprint density at radius 1 is 1.30 bits per heavy atom. The van der Waals surface area contributed by atoms with Gasteiger partial charge in [-0.3, -0.25) is 9.59 Å². The summed E-state index contributed by atoms with van der Waals surface area (Å²) in [6.07, 6.45) is 0.196. The van der Waals surface area contributed by atoms with Gasteiger partial charge in [-0.15, -0.1) is 0 Å². The molecule has 0 aliphatic heterocycles. The molecule has 0 saturated carbocycles. The molecule has 0 radical (unpaired) electrons. The van der Waals surface area contributed by atoms with Gasteiger partial charge in [0.1, 0.15) is 12.3 Å². The highest BCUT2D eigenvalue weighted by molar-refractivity contribution is 5.97. The van der Waals surface area contributed by atoms with E-state index in [9.17, 15) is 14.7 Å². The molecule has 0 saturated heterocycles. The van der Waals surface area contributed by atoms with E-state index in [1.807, 2.05) is 6.92 Å². The summed E-state index contributed by atoms with van der Waals surface area (Å²) < 4.78 is 4.97. The van der Waals surface area contributed by atoms with Crippen molar-refractivity contribution in [1.82, 2.24) is 0 Å². The minimum Gasteiger partial charge on any atom is -0.508 e. The number of benzene rings is 1. The van der Waals surface area contributed by atoms with E-state index in [0.717, 1.165) is 0 Å². The molecule has 1 rings (SSSR count). The summed E-state index contributed by atoms with van der Waals surface area (Å²) in [6.45, 7) is 1.88. The first-order valence-corrected chi connectivity index (χ1v) is 6.24. The maximum absolute atomic E-state index is 12.2. The van der Waals surface area contributed by atoms with Crippen molar-refractivity contribution in [1.29, 1.82) is 0 Å². The Bertz CT molecular complexity index is 457. The van der Waals surface area contributed by atoms with Gasteiger partial charge in [0.2, 0.25) is 5.91 Å². The average Bonchev–Trinajstić information content (AvgIpc) is 2.37. The highest BCUT2D eigenvalue weighted by atomic mass is 16.5. The monoisotopic (exact) mass is 281 g/mol. The standard InChI is InChI=1S/C14H19NO5/c1-10(9-20-2)7-13(17)15(8-14(18)19)11-3-5-12(16)6-4-11/h3-6,10,16H,7-9H2,1-2H3,(H,18,19). The van der Waals surface area contributed by atoms with Gasteiger partial charge >= 0.3 is 5.97 Å². The molecule has 1 atom stereocenters. The number of carbonyl (C=O) groups is 2. The molecule has 0 aromatic heterocycles. The van der Waals surface area contributed by atoms with Crippen LogP contribution in [0.2, 0.25) is 0 Å². The Morgan fingerprint density at radius 2 is 1.90 bits per heavy atom. The number of ether oxygens (including phenoxy) is 1. The molecule has 0 bridgehead atoms. The van der Waals surface area contributed by atoms with Crippen molar-refractivity contribution >= 4 is 17.6 Å². The Hall–Kier alpha value is -2.08. The number of aromatic hydroxyl groups is 1. The number of anilines is 1. The van der Waals surface area contributed by atoms with Crippen molar-refractivity contribution in [3.8, 4) is 5.75 Å². The number of phenolic OH excluding ortho intramolecular Hbond substituents is 1. The van der Waals surface area contributed by atoms with Crippen molar-refractivity contribution in [2.24, 2.45) is 5.92 Å². The molecule has 0 fully saturated rings. The van der Waals surface area contributed by atoms with Crippen molar-refractivity contribution < 1.29 is 24.5 Å². The number of phenols is 1. The first-order chi connectivity index (χ1) is 9.43. The molecular formula is C14H19NO5. The first kappa shape index (κ1) is 16.0. The number of carboxylic acids is 1. The van der Waals surface area contributed by atoms with Crippen LogP contribution in [0, 0.1) is 5.92 Å². The van der Waals surface area contributed by atoms with Crippen LogP contribution in [-0.4, -0.2) is 42.4 Å². The SMILES string of the molecule is COCC(C)CC(=O)N(CC(=O)O)c1ccc(O)cc1. The Kier molecular flexibility index (Phi) is 5.99. The van der Waals surface area contributed by atoms with Crippen LogP contribution in [0.15, 0.2) is 24.3 Å². The molecule has 1 aromatic rings. The van der Waals surface area contributed by atoms with Gasteiger partial charge in [-0.05, 0) is 30.2 Å². The second-order valence-electron chi connectivity index (χ2n) is 4.65. The van der Waals surface area contributed by atoms with Crippen LogP contribution < -0.4 is 4.90 Å². The van der Waals surface area contributed by atoms with Gasteiger partial charge in [0, 0.05) is 25.8 Å². The molecule has 0 aliphatic carbocycles. The van der Waals surface area contributed by atoms with Crippen LogP contribution in [0.1, 0.15) is 13.3 Å². The number of carbonyl (C=O) groups excluding carboxylic acids is 1. The molecule has 0 aliphatic rings. The third-order valence-corrected chi connectivity index (χ3v) is 2.73. The minimum absolute atomic E-state index is 0.000843. The Morgan fingerprint density at radius 3 is 2.40 bits per heavy atom. The van der Waals surface area contributed by atoms with E-state index in [0.29, 0.717) is 12.3 Å². The van der Waals surface area contributed by atoms with Gasteiger partial charge in [-0.2, -0.15) is 0 Å². The van der Waals surface area contributed by atoms with Gasteiger partial charge in [-0.25, -0.2) is 0 Å². The number of amides is 1. The molecule has 20 heavy (non-hydrogen) atoms. The van der Waals surface area contributed by atoms with Crippen LogP contribution in [0.3, 0.4) is 0 Å². The van der Waals surface area contributed by atoms with Gasteiger partial charge in [0.25, 0.3) is 0 Å². The van der Waals surface area contributed by atoms with E-state index in [1.54, 1.807) is 7.11 Å². The minimum atomic E-state index is -1.09. The molecule has 1 unspecified atom stereocenters. The van der Waals surface area contributed by atoms with E-state index in [2.05, 4.69) is 0 Å². The summed E-state index contributed by atoms with van der Waals surface area (Å²) in [5.74, 6) is -1.32. The quantitative estimate of drug-likeness (QED) is 0.790. The molecule has 1 aromatic carbocycles. The summed E-state index contributed by atoms with van der Waals surface area (Å²) >= 11 is 0. The second-order valence-corrected chi connectivity index (χ2v) is 4.65. The molecule has 0 spiro atoms. The fraction of sp³-hybridized carbons (Fsp3) is 0.429. The van der Waals surface area contributed by atoms with Crippen LogP contribution in [0.25, 0.3) is 0 Å². The average molecular weight is 281 g/mol. The highest BCUT2D eigenvalue weighted by Gasteiger charge is 2.20. The smallest absolute Gasteiger partial charge is 0.323 e. The lowest BCUT2D eigenvalue weighted by Crippen LogP contribution is -2.36. The lowest BCUT2D eigenvalue weighted by molar-refractivity contribution is -0.136. The number of carboxylic acid groups (broad SMARTS) is 1. The van der Waals surface area contributed by atoms with E-state index in [-0.39, 0.29) is 24.0 Å². The Labute approximate surface area is 117 Å². The van der Waals surface area contributed by atoms with Gasteiger partial charge in [-0.1, -0.05) is 6.92 Å². The van der Waals surface area contributed by atoms with Gasteiger partial charge in [0.15, 0.2) is 0 Å². The maximum Gasteiger partial charge on any atom is 0.323 e. The molecular weight excluding hydrogens is 262 g/mol. The van der Waals surface area contributed by atoms with Crippen LogP contribution in [0.5, 0.6) is 5.75 Å². The molecule has 110 valence electrons. The normalized spacial score (nSPS) is 11.9. The fourth-order valence-corrected chi connectivity index (χ4v) is 1.84. The number of methoxy groups -OCH3 is 1. The number of hydrogen-bond acceptors (Lipinski definition) is 4. The Balaban J connectivity index is 2.85. The summed E-state index contributed by atoms with van der Waals surface area (Å²) in [7, 11) is 1.55. The third-order valence-electron chi connectivity index (χ3n) is 2.73. The molecule has 1 amide bonds. The van der Waals surface area contributed by atoms with E-state index in [1.165, 1.54) is 29.2 Å². The largest absolute Gasteiger partial charge is 0.508 e. The van der Waals surface area contributed by atoms with Crippen molar-refractivity contribution in [3.63, 3.8) is 0 Å². The fourth-order valence-electron chi connectivity index (χ4n) is 1.84. The van der Waals surface area contributed by atoms with Crippen LogP contribution in [0.4, 0.5) is 5.69 Å². The number of rotatable bonds is 7. The zero-order chi connectivity index (χ0) is 15.1. The third kappa shape index (κ3) is 4.89. The molecule has 0 heterocycles. The molecule has 6 nitrogen and oxygen atoms in total. The molecule has 6 heteroatoms.